The average Bonchev–Trinajstić information content (AvgIpc) is 1.12. The van der Waals surface area contributed by atoms with E-state index in [1.165, 1.54) is 0 Å². The van der Waals surface area contributed by atoms with E-state index in [1.54, 1.807) is 0 Å². The van der Waals surface area contributed by atoms with Gasteiger partial charge in [-0.1, -0.05) is 0 Å². The van der Waals surface area contributed by atoms with E-state index >= 15 is 0 Å². The first-order valence-corrected chi connectivity index (χ1v) is 4.91. The molecule has 64 valence electrons. The van der Waals surface area contributed by atoms with Gasteiger partial charge < -0.3 is 33.9 Å². The molecular formula is H5O8PSiSr. The molecule has 0 atom stereocenters. The van der Waals surface area contributed by atoms with Gasteiger partial charge in [0, 0.05) is 0 Å². The molecule has 0 saturated carbocycles. The number of rotatable bonds is 0. The minimum Gasteiger partial charge on any atom is -0.828 e. The van der Waals surface area contributed by atoms with Crippen molar-refractivity contribution in [2.45, 2.75) is 0 Å². The summed E-state index contributed by atoms with van der Waals surface area (Å²) in [6.07, 6.45) is 0. The van der Waals surface area contributed by atoms with Gasteiger partial charge >= 0.3 is 53.3 Å². The Kier molecular flexibility index (Phi) is 11.9. The monoisotopic (exact) mass is 280 g/mol. The van der Waals surface area contributed by atoms with Crippen LogP contribution in [0.1, 0.15) is 0 Å². The summed E-state index contributed by atoms with van der Waals surface area (Å²) in [6, 6.07) is 0. The molecule has 0 amide bonds. The van der Waals surface area contributed by atoms with Crippen molar-refractivity contribution in [3.63, 3.8) is 0 Å². The van der Waals surface area contributed by atoms with Crippen LogP contribution in [0.5, 0.6) is 0 Å². The molecule has 8 nitrogen and oxygen atoms in total. The molecular weight excluding hydrogens is 275 g/mol. The van der Waals surface area contributed by atoms with Gasteiger partial charge in [0.1, 0.15) is 9.05 Å². The molecule has 0 rings (SSSR count). The molecule has 5 N–H and O–H groups in total. The second-order valence-corrected chi connectivity index (χ2v) is 3.19. The fourth-order valence-corrected chi connectivity index (χ4v) is 0. The van der Waals surface area contributed by atoms with Gasteiger partial charge in [-0.15, -0.1) is 0 Å². The molecule has 0 unspecified atom stereocenters. The largest absolute Gasteiger partial charge is 2.00 e. The fraction of sp³-hybridized carbons (Fsp3) is 0. The molecule has 0 aliphatic carbocycles. The Morgan fingerprint density at radius 3 is 1.09 bits per heavy atom. The van der Waals surface area contributed by atoms with Crippen molar-refractivity contribution in [3.05, 3.63) is 0 Å². The summed E-state index contributed by atoms with van der Waals surface area (Å²) in [6.45, 7) is 0. The molecule has 0 spiro atoms. The molecule has 0 heterocycles. The first-order valence-electron chi connectivity index (χ1n) is 1.64. The smallest absolute Gasteiger partial charge is 0.828 e. The van der Waals surface area contributed by atoms with Crippen LogP contribution in [0.2, 0.25) is 0 Å². The summed E-state index contributed by atoms with van der Waals surface area (Å²) < 4.78 is 8.88. The average molecular weight is 280 g/mol. The van der Waals surface area contributed by atoms with E-state index in [1.807, 2.05) is 0 Å². The predicted octanol–water partition coefficient (Wildman–Crippen LogP) is -5.18. The summed E-state index contributed by atoms with van der Waals surface area (Å²) in [4.78, 5) is 53.4. The maximum Gasteiger partial charge on any atom is 2.00 e. The zero-order valence-corrected chi connectivity index (χ0v) is 10.5. The first kappa shape index (κ1) is 18.4. The maximum absolute atomic E-state index is 8.88. The quantitative estimate of drug-likeness (QED) is 0.217. The van der Waals surface area contributed by atoms with Crippen LogP contribution in [-0.2, 0) is 4.57 Å². The van der Waals surface area contributed by atoms with Crippen LogP contribution < -0.4 is 9.59 Å². The molecule has 11 heteroatoms. The maximum atomic E-state index is 8.88. The van der Waals surface area contributed by atoms with Crippen LogP contribution in [0.3, 0.4) is 0 Å². The van der Waals surface area contributed by atoms with E-state index < -0.39 is 16.9 Å². The summed E-state index contributed by atoms with van der Waals surface area (Å²) >= 11 is 0. The Morgan fingerprint density at radius 1 is 1.09 bits per heavy atom. The van der Waals surface area contributed by atoms with E-state index in [9.17, 15) is 0 Å². The molecule has 11 heavy (non-hydrogen) atoms. The van der Waals surface area contributed by atoms with E-state index in [4.69, 9.17) is 38.4 Å². The SMILES string of the molecule is O=P(O)(O)O.[O-][Si]([O-])(O)O.[Sr+2]. The van der Waals surface area contributed by atoms with Gasteiger partial charge in [0.2, 0.25) is 0 Å². The molecule has 0 aromatic carbocycles. The van der Waals surface area contributed by atoms with Crippen LogP contribution in [0.4, 0.5) is 0 Å². The molecule has 0 saturated heterocycles. The number of hydrogen-bond acceptors (Lipinski definition) is 5. The minimum atomic E-state index is -5.11. The van der Waals surface area contributed by atoms with Crippen molar-refractivity contribution >= 4 is 62.4 Å². The molecule has 0 radical (unpaired) electrons. The van der Waals surface area contributed by atoms with Crippen molar-refractivity contribution in [1.29, 1.82) is 0 Å². The standard InChI is InChI=1S/H3O4P.H2O4Si.Sr/c2*1-5(2,3)4;/h(H3,1,2,3,4);1-2H;/q;-2;+2. The van der Waals surface area contributed by atoms with Crippen LogP contribution in [0, 0.1) is 0 Å². The molecule has 0 fully saturated rings. The van der Waals surface area contributed by atoms with E-state index in [-0.39, 0.29) is 45.5 Å². The Balaban J connectivity index is -0.000000107. The van der Waals surface area contributed by atoms with Crippen LogP contribution >= 0.6 is 7.82 Å². The summed E-state index contributed by atoms with van der Waals surface area (Å²) in [5.41, 5.74) is 0. The minimum absolute atomic E-state index is 0. The Labute approximate surface area is 99.8 Å². The van der Waals surface area contributed by atoms with Gasteiger partial charge in [0.05, 0.1) is 0 Å². The third-order valence-electron chi connectivity index (χ3n) is 0. The molecule has 0 aliphatic rings. The van der Waals surface area contributed by atoms with Gasteiger partial charge in [-0.2, -0.15) is 0 Å². The van der Waals surface area contributed by atoms with Crippen molar-refractivity contribution in [2.24, 2.45) is 0 Å². The van der Waals surface area contributed by atoms with E-state index in [2.05, 4.69) is 0 Å². The zero-order valence-electron chi connectivity index (χ0n) is 5.12. The summed E-state index contributed by atoms with van der Waals surface area (Å²) in [7, 11) is -9.75. The Hall–Kier alpha value is 1.65. The van der Waals surface area contributed by atoms with Gasteiger partial charge in [0.15, 0.2) is 0 Å². The normalized spacial score (nSPS) is 10.8. The summed E-state index contributed by atoms with van der Waals surface area (Å²) in [5, 5.41) is 0. The second kappa shape index (κ2) is 7.09. The van der Waals surface area contributed by atoms with Crippen LogP contribution in [-0.4, -0.2) is 78.8 Å². The number of phosphoric acid groups is 1. The van der Waals surface area contributed by atoms with E-state index in [0.29, 0.717) is 0 Å². The molecule has 0 aliphatic heterocycles. The van der Waals surface area contributed by atoms with Gasteiger partial charge in [-0.25, -0.2) is 4.57 Å². The first-order chi connectivity index (χ1) is 4.00. The zero-order chi connectivity index (χ0) is 9.00. The predicted molar refractivity (Wildman–Crippen MR) is 30.2 cm³/mol. The topological polar surface area (TPSA) is 164 Å². The van der Waals surface area contributed by atoms with Gasteiger partial charge in [-0.3, -0.25) is 0 Å². The van der Waals surface area contributed by atoms with Crippen molar-refractivity contribution in [1.82, 2.24) is 0 Å². The molecule has 0 aromatic heterocycles. The van der Waals surface area contributed by atoms with Crippen LogP contribution in [0.15, 0.2) is 0 Å². The van der Waals surface area contributed by atoms with Gasteiger partial charge in [-0.05, 0) is 0 Å². The summed E-state index contributed by atoms with van der Waals surface area (Å²) in [5.74, 6) is 0. The Bertz CT molecular complexity index is 106. The Morgan fingerprint density at radius 2 is 1.09 bits per heavy atom. The molecule has 0 aromatic rings. The second-order valence-electron chi connectivity index (χ2n) is 1.06. The van der Waals surface area contributed by atoms with Crippen molar-refractivity contribution < 1.29 is 38.4 Å². The van der Waals surface area contributed by atoms with Crippen LogP contribution in [0.25, 0.3) is 0 Å². The van der Waals surface area contributed by atoms with Crippen molar-refractivity contribution in [2.75, 3.05) is 0 Å². The van der Waals surface area contributed by atoms with E-state index in [0.717, 1.165) is 0 Å². The molecule has 0 bridgehead atoms. The van der Waals surface area contributed by atoms with Gasteiger partial charge in [0.25, 0.3) is 0 Å². The fourth-order valence-electron chi connectivity index (χ4n) is 0. The number of hydrogen-bond donors (Lipinski definition) is 5. The van der Waals surface area contributed by atoms with Crippen molar-refractivity contribution in [3.8, 4) is 0 Å². The third-order valence-corrected chi connectivity index (χ3v) is 0. The third kappa shape index (κ3) is 399.